The molecule has 0 saturated heterocycles. The zero-order chi connectivity index (χ0) is 13.2. The molecular weight excluding hydrogens is 281 g/mol. The predicted molar refractivity (Wildman–Crippen MR) is 69.0 cm³/mol. The first-order valence-electron chi connectivity index (χ1n) is 5.91. The highest BCUT2D eigenvalue weighted by molar-refractivity contribution is 7.99. The smallest absolute Gasteiger partial charge is 0.388 e. The van der Waals surface area contributed by atoms with E-state index < -0.39 is 17.8 Å². The van der Waals surface area contributed by atoms with Crippen molar-refractivity contribution in [3.05, 3.63) is 21.9 Å². The van der Waals surface area contributed by atoms with E-state index >= 15 is 0 Å². The van der Waals surface area contributed by atoms with Crippen LogP contribution in [0.2, 0.25) is 0 Å². The van der Waals surface area contributed by atoms with Crippen LogP contribution in [0.15, 0.2) is 10.8 Å². The Kier molecular flexibility index (Phi) is 4.61. The summed E-state index contributed by atoms with van der Waals surface area (Å²) in [4.78, 5) is 0. The summed E-state index contributed by atoms with van der Waals surface area (Å²) in [6.07, 6.45) is -0.757. The number of aliphatic hydroxyl groups excluding tert-OH is 1. The van der Waals surface area contributed by atoms with Crippen LogP contribution in [0, 0.1) is 0 Å². The molecule has 0 spiro atoms. The molecule has 1 aliphatic rings. The van der Waals surface area contributed by atoms with Crippen molar-refractivity contribution < 1.29 is 18.3 Å². The van der Waals surface area contributed by atoms with Crippen LogP contribution in [0.5, 0.6) is 0 Å². The molecule has 6 heteroatoms. The molecule has 2 rings (SSSR count). The summed E-state index contributed by atoms with van der Waals surface area (Å²) in [7, 11) is 0. The van der Waals surface area contributed by atoms with Gasteiger partial charge in [-0.1, -0.05) is 12.8 Å². The van der Waals surface area contributed by atoms with E-state index in [9.17, 15) is 18.3 Å². The number of aliphatic hydroxyl groups is 1. The highest BCUT2D eigenvalue weighted by atomic mass is 32.2. The van der Waals surface area contributed by atoms with Crippen LogP contribution >= 0.6 is 23.1 Å². The Morgan fingerprint density at radius 2 is 2.00 bits per heavy atom. The molecule has 0 bridgehead atoms. The van der Waals surface area contributed by atoms with Gasteiger partial charge < -0.3 is 5.11 Å². The minimum absolute atomic E-state index is 0.0259. The van der Waals surface area contributed by atoms with Crippen molar-refractivity contribution in [2.45, 2.75) is 43.2 Å². The van der Waals surface area contributed by atoms with Gasteiger partial charge in [0.1, 0.15) is 0 Å². The minimum Gasteiger partial charge on any atom is -0.388 e. The summed E-state index contributed by atoms with van der Waals surface area (Å²) in [5.41, 5.74) is -0.662. The second-order valence-corrected chi connectivity index (χ2v) is 6.57. The monoisotopic (exact) mass is 296 g/mol. The fraction of sp³-hybridized carbons (Fsp3) is 0.667. The van der Waals surface area contributed by atoms with E-state index in [0.717, 1.165) is 29.6 Å². The predicted octanol–water partition coefficient (Wildman–Crippen LogP) is 4.48. The van der Waals surface area contributed by atoms with Gasteiger partial charge in [-0.25, -0.2) is 0 Å². The molecule has 0 aliphatic heterocycles. The van der Waals surface area contributed by atoms with Crippen LogP contribution in [0.3, 0.4) is 0 Å². The zero-order valence-electron chi connectivity index (χ0n) is 9.74. The van der Waals surface area contributed by atoms with Crippen LogP contribution in [-0.2, 0) is 6.18 Å². The highest BCUT2D eigenvalue weighted by Crippen LogP contribution is 2.39. The highest BCUT2D eigenvalue weighted by Gasteiger charge is 2.35. The first kappa shape index (κ1) is 14.2. The Morgan fingerprint density at radius 3 is 2.61 bits per heavy atom. The zero-order valence-corrected chi connectivity index (χ0v) is 11.4. The van der Waals surface area contributed by atoms with E-state index in [1.807, 2.05) is 0 Å². The van der Waals surface area contributed by atoms with E-state index in [-0.39, 0.29) is 5.56 Å². The lowest BCUT2D eigenvalue weighted by Gasteiger charge is -2.15. The van der Waals surface area contributed by atoms with Crippen molar-refractivity contribution in [3.63, 3.8) is 0 Å². The molecule has 1 nitrogen and oxygen atoms in total. The summed E-state index contributed by atoms with van der Waals surface area (Å²) < 4.78 is 38.0. The van der Waals surface area contributed by atoms with Crippen LogP contribution in [0.4, 0.5) is 13.2 Å². The summed E-state index contributed by atoms with van der Waals surface area (Å²) in [6.45, 7) is 0. The molecule has 1 aromatic rings. The molecule has 1 fully saturated rings. The molecule has 1 atom stereocenters. The van der Waals surface area contributed by atoms with Gasteiger partial charge in [0.15, 0.2) is 0 Å². The topological polar surface area (TPSA) is 20.2 Å². The SMILES string of the molecule is OC(CSC1CCCC1)c1cscc1C(F)(F)F. The third kappa shape index (κ3) is 3.42. The Balaban J connectivity index is 1.96. The number of thiophene rings is 1. The standard InChI is InChI=1S/C12H15F3OS2/c13-12(14,15)10-6-17-5-9(10)11(16)7-18-8-3-1-2-4-8/h5-6,8,11,16H,1-4,7H2. The number of rotatable bonds is 4. The van der Waals surface area contributed by atoms with Gasteiger partial charge >= 0.3 is 6.18 Å². The largest absolute Gasteiger partial charge is 0.417 e. The van der Waals surface area contributed by atoms with Crippen molar-refractivity contribution >= 4 is 23.1 Å². The Bertz CT molecular complexity index is 383. The number of hydrogen-bond acceptors (Lipinski definition) is 3. The van der Waals surface area contributed by atoms with E-state index in [4.69, 9.17) is 0 Å². The second kappa shape index (κ2) is 5.84. The van der Waals surface area contributed by atoms with Gasteiger partial charge in [-0.05, 0) is 18.2 Å². The van der Waals surface area contributed by atoms with Gasteiger partial charge in [0.05, 0.1) is 11.7 Å². The third-order valence-corrected chi connectivity index (χ3v) is 5.36. The van der Waals surface area contributed by atoms with Crippen molar-refractivity contribution in [3.8, 4) is 0 Å². The first-order valence-corrected chi connectivity index (χ1v) is 7.90. The van der Waals surface area contributed by atoms with E-state index in [1.165, 1.54) is 18.2 Å². The van der Waals surface area contributed by atoms with Gasteiger partial charge in [-0.2, -0.15) is 36.3 Å². The number of alkyl halides is 3. The van der Waals surface area contributed by atoms with E-state index in [0.29, 0.717) is 11.0 Å². The first-order chi connectivity index (χ1) is 8.48. The second-order valence-electron chi connectivity index (χ2n) is 4.49. The maximum Gasteiger partial charge on any atom is 0.417 e. The molecule has 0 amide bonds. The fourth-order valence-corrected chi connectivity index (χ4v) is 4.37. The molecule has 1 aromatic heterocycles. The number of thioether (sulfide) groups is 1. The number of halogens is 3. The Morgan fingerprint density at radius 1 is 1.33 bits per heavy atom. The van der Waals surface area contributed by atoms with E-state index in [1.54, 1.807) is 11.8 Å². The Hall–Kier alpha value is -0.200. The third-order valence-electron chi connectivity index (χ3n) is 3.15. The fourth-order valence-electron chi connectivity index (χ4n) is 2.17. The minimum atomic E-state index is -4.37. The molecule has 102 valence electrons. The van der Waals surface area contributed by atoms with Gasteiger partial charge in [0, 0.05) is 21.9 Å². The molecule has 0 aromatic carbocycles. The van der Waals surface area contributed by atoms with Gasteiger partial charge in [-0.3, -0.25) is 0 Å². The number of hydrogen-bond donors (Lipinski definition) is 1. The average molecular weight is 296 g/mol. The van der Waals surface area contributed by atoms with Gasteiger partial charge in [-0.15, -0.1) is 0 Å². The van der Waals surface area contributed by atoms with Crippen LogP contribution in [0.1, 0.15) is 42.9 Å². The summed E-state index contributed by atoms with van der Waals surface area (Å²) >= 11 is 2.59. The Labute approximate surface area is 112 Å². The molecule has 1 N–H and O–H groups in total. The lowest BCUT2D eigenvalue weighted by atomic mass is 10.1. The summed E-state index contributed by atoms with van der Waals surface area (Å²) in [5, 5.41) is 12.9. The summed E-state index contributed by atoms with van der Waals surface area (Å²) in [5.74, 6) is 0.352. The summed E-state index contributed by atoms with van der Waals surface area (Å²) in [6, 6.07) is 0. The maximum absolute atomic E-state index is 12.7. The molecule has 0 radical (unpaired) electrons. The molecule has 1 heterocycles. The lowest BCUT2D eigenvalue weighted by Crippen LogP contribution is -2.12. The van der Waals surface area contributed by atoms with Gasteiger partial charge in [0.2, 0.25) is 0 Å². The average Bonchev–Trinajstić information content (AvgIpc) is 2.95. The molecular formula is C12H15F3OS2. The van der Waals surface area contributed by atoms with Gasteiger partial charge in [0.25, 0.3) is 0 Å². The van der Waals surface area contributed by atoms with Crippen molar-refractivity contribution in [2.75, 3.05) is 5.75 Å². The van der Waals surface area contributed by atoms with Crippen molar-refractivity contribution in [1.82, 2.24) is 0 Å². The van der Waals surface area contributed by atoms with Crippen LogP contribution in [-0.4, -0.2) is 16.1 Å². The van der Waals surface area contributed by atoms with Crippen LogP contribution < -0.4 is 0 Å². The molecule has 1 unspecified atom stereocenters. The lowest BCUT2D eigenvalue weighted by molar-refractivity contribution is -0.138. The normalized spacial score (nSPS) is 19.3. The molecule has 1 aliphatic carbocycles. The quantitative estimate of drug-likeness (QED) is 0.884. The molecule has 18 heavy (non-hydrogen) atoms. The molecule has 1 saturated carbocycles. The van der Waals surface area contributed by atoms with Crippen molar-refractivity contribution in [2.24, 2.45) is 0 Å². The maximum atomic E-state index is 12.7. The van der Waals surface area contributed by atoms with Crippen LogP contribution in [0.25, 0.3) is 0 Å². The van der Waals surface area contributed by atoms with E-state index in [2.05, 4.69) is 0 Å². The van der Waals surface area contributed by atoms with Crippen molar-refractivity contribution in [1.29, 1.82) is 0 Å².